The van der Waals surface area contributed by atoms with Crippen LogP contribution in [0.1, 0.15) is 24.0 Å². The lowest BCUT2D eigenvalue weighted by Crippen LogP contribution is -2.43. The highest BCUT2D eigenvalue weighted by Crippen LogP contribution is 2.31. The smallest absolute Gasteiger partial charge is 0.285 e. The van der Waals surface area contributed by atoms with E-state index in [4.69, 9.17) is 0 Å². The van der Waals surface area contributed by atoms with Crippen molar-refractivity contribution in [3.8, 4) is 0 Å². The van der Waals surface area contributed by atoms with Crippen molar-refractivity contribution in [2.45, 2.75) is 30.7 Å². The zero-order valence-corrected chi connectivity index (χ0v) is 18.6. The number of hydrogen-bond acceptors (Lipinski definition) is 6. The second-order valence-electron chi connectivity index (χ2n) is 7.63. The third-order valence-electron chi connectivity index (χ3n) is 5.24. The first-order chi connectivity index (χ1) is 14.5. The van der Waals surface area contributed by atoms with Gasteiger partial charge in [-0.2, -0.15) is 8.42 Å². The average molecular weight is 463 g/mol. The van der Waals surface area contributed by atoms with Gasteiger partial charge in [0.2, 0.25) is 15.9 Å². The lowest BCUT2D eigenvalue weighted by molar-refractivity contribution is -0.119. The van der Waals surface area contributed by atoms with E-state index in [2.05, 4.69) is 14.4 Å². The molecule has 0 radical (unpaired) electrons. The number of carbonyl (C=O) groups excluding carboxylic acids is 1. The standard InChI is InChI=1S/C20H22N4O5S2/c1-13-9-10-14(12-16(13)22-30(2,26)27)21-20(25)17-7-5-11-24(17)19-15-6-3-4-8-18(15)31(28,29)23-19/h3-4,6,8-10,12,17,22H,5,7,11H2,1-2H3,(H,21,25)/t17-/m0/s1. The number of benzene rings is 2. The number of nitrogens with zero attached hydrogens (tertiary/aromatic N) is 2. The van der Waals surface area contributed by atoms with Gasteiger partial charge in [0.25, 0.3) is 10.0 Å². The summed E-state index contributed by atoms with van der Waals surface area (Å²) < 4.78 is 54.3. The van der Waals surface area contributed by atoms with Crippen LogP contribution in [-0.4, -0.2) is 52.3 Å². The lowest BCUT2D eigenvalue weighted by atomic mass is 10.1. The highest BCUT2D eigenvalue weighted by Gasteiger charge is 2.39. The number of amidine groups is 1. The van der Waals surface area contributed by atoms with Gasteiger partial charge >= 0.3 is 0 Å². The van der Waals surface area contributed by atoms with Gasteiger partial charge in [-0.25, -0.2) is 8.42 Å². The van der Waals surface area contributed by atoms with Crippen molar-refractivity contribution in [3.63, 3.8) is 0 Å². The van der Waals surface area contributed by atoms with Crippen molar-refractivity contribution in [1.29, 1.82) is 0 Å². The molecule has 2 aliphatic heterocycles. The number of likely N-dealkylation sites (tertiary alicyclic amines) is 1. The Morgan fingerprint density at radius 3 is 2.68 bits per heavy atom. The van der Waals surface area contributed by atoms with Gasteiger partial charge in [0, 0.05) is 17.8 Å². The molecule has 1 saturated heterocycles. The van der Waals surface area contributed by atoms with Crippen LogP contribution in [-0.2, 0) is 24.8 Å². The molecule has 31 heavy (non-hydrogen) atoms. The SMILES string of the molecule is Cc1ccc(NC(=O)[C@@H]2CCCN2C2=NS(=O)(=O)c3ccccc32)cc1NS(C)(=O)=O. The van der Waals surface area contributed by atoms with Crippen LogP contribution in [0.3, 0.4) is 0 Å². The minimum absolute atomic E-state index is 0.145. The number of sulfonamides is 2. The fourth-order valence-corrected chi connectivity index (χ4v) is 5.66. The fraction of sp³-hybridized carbons (Fsp3) is 0.300. The summed E-state index contributed by atoms with van der Waals surface area (Å²) in [5.74, 6) is -0.0206. The van der Waals surface area contributed by atoms with Gasteiger partial charge in [0.1, 0.15) is 10.9 Å². The van der Waals surface area contributed by atoms with Crippen molar-refractivity contribution >= 4 is 43.2 Å². The van der Waals surface area contributed by atoms with Crippen molar-refractivity contribution in [2.24, 2.45) is 4.40 Å². The summed E-state index contributed by atoms with van der Waals surface area (Å²) >= 11 is 0. The van der Waals surface area contributed by atoms with Gasteiger partial charge in [0.05, 0.1) is 11.9 Å². The first-order valence-electron chi connectivity index (χ1n) is 9.65. The molecule has 2 N–H and O–H groups in total. The molecule has 4 rings (SSSR count). The van der Waals surface area contributed by atoms with E-state index >= 15 is 0 Å². The number of aryl methyl sites for hydroxylation is 1. The van der Waals surface area contributed by atoms with E-state index in [1.54, 1.807) is 48.2 Å². The Kier molecular flexibility index (Phi) is 5.26. The number of hydrogen-bond donors (Lipinski definition) is 2. The van der Waals surface area contributed by atoms with Crippen LogP contribution >= 0.6 is 0 Å². The van der Waals surface area contributed by atoms with Crippen LogP contribution in [0.2, 0.25) is 0 Å². The van der Waals surface area contributed by atoms with E-state index in [0.29, 0.717) is 41.9 Å². The predicted molar refractivity (Wildman–Crippen MR) is 118 cm³/mol. The van der Waals surface area contributed by atoms with Gasteiger partial charge in [0.15, 0.2) is 5.84 Å². The molecule has 2 aromatic carbocycles. The Bertz CT molecular complexity index is 1300. The Morgan fingerprint density at radius 1 is 1.19 bits per heavy atom. The van der Waals surface area contributed by atoms with E-state index < -0.39 is 26.1 Å². The van der Waals surface area contributed by atoms with Gasteiger partial charge in [-0.1, -0.05) is 18.2 Å². The van der Waals surface area contributed by atoms with E-state index in [1.165, 1.54) is 6.07 Å². The zero-order chi connectivity index (χ0) is 22.4. The molecule has 2 aromatic rings. The second kappa shape index (κ2) is 7.65. The molecule has 0 unspecified atom stereocenters. The minimum Gasteiger partial charge on any atom is -0.343 e. The van der Waals surface area contributed by atoms with Crippen LogP contribution in [0.5, 0.6) is 0 Å². The number of fused-ring (bicyclic) bond motifs is 1. The monoisotopic (exact) mass is 462 g/mol. The number of carbonyl (C=O) groups is 1. The molecule has 0 bridgehead atoms. The Morgan fingerprint density at radius 2 is 1.94 bits per heavy atom. The highest BCUT2D eigenvalue weighted by molar-refractivity contribution is 7.92. The quantitative estimate of drug-likeness (QED) is 0.715. The first kappa shape index (κ1) is 21.3. The van der Waals surface area contributed by atoms with Gasteiger partial charge in [-0.3, -0.25) is 9.52 Å². The van der Waals surface area contributed by atoms with Crippen molar-refractivity contribution in [3.05, 3.63) is 53.6 Å². The van der Waals surface area contributed by atoms with E-state index in [9.17, 15) is 21.6 Å². The maximum absolute atomic E-state index is 13.0. The van der Waals surface area contributed by atoms with Crippen LogP contribution in [0, 0.1) is 6.92 Å². The van der Waals surface area contributed by atoms with Crippen LogP contribution in [0.25, 0.3) is 0 Å². The summed E-state index contributed by atoms with van der Waals surface area (Å²) in [7, 11) is -7.24. The van der Waals surface area contributed by atoms with Crippen LogP contribution in [0.4, 0.5) is 11.4 Å². The lowest BCUT2D eigenvalue weighted by Gasteiger charge is -2.25. The molecule has 1 atom stereocenters. The summed E-state index contributed by atoms with van der Waals surface area (Å²) in [6.45, 7) is 2.27. The van der Waals surface area contributed by atoms with E-state index in [0.717, 1.165) is 6.26 Å². The molecule has 0 aliphatic carbocycles. The summed E-state index contributed by atoms with van der Waals surface area (Å²) in [5, 5.41) is 2.82. The van der Waals surface area contributed by atoms with Crippen molar-refractivity contribution in [2.75, 3.05) is 22.8 Å². The molecule has 2 aliphatic rings. The molecular formula is C20H22N4O5S2. The van der Waals surface area contributed by atoms with Crippen LogP contribution in [0.15, 0.2) is 51.8 Å². The summed E-state index contributed by atoms with van der Waals surface area (Å²) in [6.07, 6.45) is 2.32. The number of nitrogens with one attached hydrogen (secondary N) is 2. The maximum Gasteiger partial charge on any atom is 0.285 e. The zero-order valence-electron chi connectivity index (χ0n) is 17.0. The largest absolute Gasteiger partial charge is 0.343 e. The highest BCUT2D eigenvalue weighted by atomic mass is 32.2. The van der Waals surface area contributed by atoms with Gasteiger partial charge < -0.3 is 10.2 Å². The number of amides is 1. The fourth-order valence-electron chi connectivity index (χ4n) is 3.82. The summed E-state index contributed by atoms with van der Waals surface area (Å²) in [5.41, 5.74) is 2.03. The molecule has 1 fully saturated rings. The third-order valence-corrected chi connectivity index (χ3v) is 7.16. The number of rotatable bonds is 4. The van der Waals surface area contributed by atoms with Crippen molar-refractivity contribution < 1.29 is 21.6 Å². The Balaban J connectivity index is 1.58. The molecule has 0 aromatic heterocycles. The van der Waals surface area contributed by atoms with Crippen molar-refractivity contribution in [1.82, 2.24) is 4.90 Å². The first-order valence-corrected chi connectivity index (χ1v) is 13.0. The molecule has 9 nitrogen and oxygen atoms in total. The Hall–Kier alpha value is -2.92. The molecule has 0 spiro atoms. The second-order valence-corrected chi connectivity index (χ2v) is 11.0. The average Bonchev–Trinajstić information content (AvgIpc) is 3.26. The predicted octanol–water partition coefficient (Wildman–Crippen LogP) is 1.92. The van der Waals surface area contributed by atoms with Gasteiger partial charge in [-0.15, -0.1) is 4.40 Å². The molecule has 11 heteroatoms. The minimum atomic E-state index is -3.78. The van der Waals surface area contributed by atoms with E-state index in [-0.39, 0.29) is 16.6 Å². The number of anilines is 2. The summed E-state index contributed by atoms with van der Waals surface area (Å²) in [4.78, 5) is 14.9. The molecule has 2 heterocycles. The Labute approximate surface area is 181 Å². The van der Waals surface area contributed by atoms with E-state index in [1.807, 2.05) is 0 Å². The van der Waals surface area contributed by atoms with Gasteiger partial charge in [-0.05, 0) is 49.6 Å². The van der Waals surface area contributed by atoms with Crippen LogP contribution < -0.4 is 10.0 Å². The molecule has 164 valence electrons. The summed E-state index contributed by atoms with van der Waals surface area (Å²) in [6, 6.07) is 10.9. The maximum atomic E-state index is 13.0. The topological polar surface area (TPSA) is 125 Å². The molecule has 1 amide bonds. The molecule has 0 saturated carbocycles. The normalized spacial score (nSPS) is 19.6. The third kappa shape index (κ3) is 4.28. The molecular weight excluding hydrogens is 440 g/mol.